The first-order chi connectivity index (χ1) is 5.73. The van der Waals surface area contributed by atoms with Crippen molar-refractivity contribution in [3.05, 3.63) is 0 Å². The van der Waals surface area contributed by atoms with Crippen molar-refractivity contribution in [3.63, 3.8) is 0 Å². The maximum atomic E-state index is 11.8. The summed E-state index contributed by atoms with van der Waals surface area (Å²) in [4.78, 5) is 11.8. The van der Waals surface area contributed by atoms with E-state index in [4.69, 9.17) is 5.11 Å². The summed E-state index contributed by atoms with van der Waals surface area (Å²) in [5, 5.41) is 8.63. The Kier molecular flexibility index (Phi) is 4.11. The fourth-order valence-corrected chi connectivity index (χ4v) is 0.970. The molecular weight excluding hydrogens is 164 g/mol. The third kappa shape index (κ3) is 3.11. The van der Waals surface area contributed by atoms with Crippen molar-refractivity contribution in [2.75, 3.05) is 6.61 Å². The quantitative estimate of drug-likeness (QED) is 0.732. The van der Waals surface area contributed by atoms with E-state index in [2.05, 4.69) is 20.8 Å². The lowest BCUT2D eigenvalue weighted by atomic mass is 9.66. The maximum absolute atomic E-state index is 11.8. The highest BCUT2D eigenvalue weighted by Gasteiger charge is 2.38. The molecule has 0 rings (SSSR count). The van der Waals surface area contributed by atoms with Crippen LogP contribution < -0.4 is 0 Å². The van der Waals surface area contributed by atoms with Crippen LogP contribution in [-0.2, 0) is 4.79 Å². The molecule has 0 atom stereocenters. The van der Waals surface area contributed by atoms with Gasteiger partial charge in [-0.2, -0.15) is 0 Å². The number of ketones is 1. The van der Waals surface area contributed by atoms with Gasteiger partial charge in [0.15, 0.2) is 0 Å². The largest absolute Gasteiger partial charge is 0.396 e. The Morgan fingerprint density at radius 3 is 1.92 bits per heavy atom. The summed E-state index contributed by atoms with van der Waals surface area (Å²) < 4.78 is 0. The molecule has 78 valence electrons. The van der Waals surface area contributed by atoms with E-state index < -0.39 is 0 Å². The van der Waals surface area contributed by atoms with Crippen LogP contribution in [0, 0.1) is 10.8 Å². The normalized spacial score (nSPS) is 13.1. The van der Waals surface area contributed by atoms with Crippen LogP contribution in [-0.4, -0.2) is 17.5 Å². The van der Waals surface area contributed by atoms with Crippen LogP contribution >= 0.6 is 0 Å². The smallest absolute Gasteiger partial charge is 0.139 e. The highest BCUT2D eigenvalue weighted by Crippen LogP contribution is 2.39. The second-order valence-electron chi connectivity index (χ2n) is 5.13. The van der Waals surface area contributed by atoms with Gasteiger partial charge in [-0.15, -0.1) is 0 Å². The molecule has 0 amide bonds. The summed E-state index contributed by atoms with van der Waals surface area (Å²) in [6.45, 7) is 10.3. The molecule has 0 bridgehead atoms. The van der Waals surface area contributed by atoms with E-state index in [1.54, 1.807) is 0 Å². The van der Waals surface area contributed by atoms with Crippen molar-refractivity contribution in [3.8, 4) is 0 Å². The second kappa shape index (κ2) is 4.23. The van der Waals surface area contributed by atoms with E-state index in [1.807, 2.05) is 13.8 Å². The van der Waals surface area contributed by atoms with Gasteiger partial charge in [-0.05, 0) is 11.8 Å². The second-order valence-corrected chi connectivity index (χ2v) is 5.13. The van der Waals surface area contributed by atoms with E-state index in [9.17, 15) is 4.79 Å². The van der Waals surface area contributed by atoms with Crippen LogP contribution in [0.3, 0.4) is 0 Å². The molecule has 0 heterocycles. The van der Waals surface area contributed by atoms with Gasteiger partial charge in [-0.3, -0.25) is 4.79 Å². The first-order valence-electron chi connectivity index (χ1n) is 4.87. The molecule has 0 unspecified atom stereocenters. The van der Waals surface area contributed by atoms with Gasteiger partial charge in [0.25, 0.3) is 0 Å². The lowest BCUT2D eigenvalue weighted by Crippen LogP contribution is -2.37. The zero-order chi connectivity index (χ0) is 10.7. The lowest BCUT2D eigenvalue weighted by Gasteiger charge is -2.37. The molecule has 0 aliphatic carbocycles. The molecule has 0 aromatic heterocycles. The number of aliphatic hydroxyl groups excluding tert-OH is 1. The molecule has 2 nitrogen and oxygen atoms in total. The summed E-state index contributed by atoms with van der Waals surface area (Å²) in [5.74, 6) is 0.244. The Balaban J connectivity index is 4.37. The number of rotatable bonds is 4. The predicted molar refractivity (Wildman–Crippen MR) is 54.6 cm³/mol. The van der Waals surface area contributed by atoms with Crippen molar-refractivity contribution in [2.24, 2.45) is 10.8 Å². The first kappa shape index (κ1) is 12.6. The van der Waals surface area contributed by atoms with E-state index >= 15 is 0 Å². The minimum absolute atomic E-state index is 0.0143. The van der Waals surface area contributed by atoms with Crippen molar-refractivity contribution >= 4 is 5.78 Å². The van der Waals surface area contributed by atoms with E-state index in [0.29, 0.717) is 12.8 Å². The lowest BCUT2D eigenvalue weighted by molar-refractivity contribution is -0.132. The molecule has 0 radical (unpaired) electrons. The van der Waals surface area contributed by atoms with Crippen molar-refractivity contribution in [1.29, 1.82) is 0 Å². The first-order valence-corrected chi connectivity index (χ1v) is 4.87. The standard InChI is InChI=1S/C11H22O2/c1-10(2,3)11(4,5)9(13)7-6-8-12/h12H,6-8H2,1-5H3. The topological polar surface area (TPSA) is 37.3 Å². The third-order valence-electron chi connectivity index (χ3n) is 3.13. The summed E-state index contributed by atoms with van der Waals surface area (Å²) >= 11 is 0. The van der Waals surface area contributed by atoms with Gasteiger partial charge in [-0.25, -0.2) is 0 Å². The SMILES string of the molecule is CC(C)(C)C(C)(C)C(=O)CCCO. The third-order valence-corrected chi connectivity index (χ3v) is 3.13. The highest BCUT2D eigenvalue weighted by atomic mass is 16.3. The number of carbonyl (C=O) groups is 1. The molecule has 0 aromatic carbocycles. The van der Waals surface area contributed by atoms with Gasteiger partial charge >= 0.3 is 0 Å². The van der Waals surface area contributed by atoms with Crippen LogP contribution in [0.5, 0.6) is 0 Å². The molecule has 0 fully saturated rings. The summed E-state index contributed by atoms with van der Waals surface area (Å²) in [7, 11) is 0. The van der Waals surface area contributed by atoms with Gasteiger partial charge in [-0.1, -0.05) is 34.6 Å². The molecule has 0 aliphatic rings. The summed E-state index contributed by atoms with van der Waals surface area (Å²) in [5.41, 5.74) is -0.318. The van der Waals surface area contributed by atoms with Crippen molar-refractivity contribution in [2.45, 2.75) is 47.5 Å². The predicted octanol–water partition coefficient (Wildman–Crippen LogP) is 2.40. The molecule has 1 N–H and O–H groups in total. The summed E-state index contributed by atoms with van der Waals surface area (Å²) in [6, 6.07) is 0. The number of hydrogen-bond acceptors (Lipinski definition) is 2. The van der Waals surface area contributed by atoms with Crippen LogP contribution in [0.25, 0.3) is 0 Å². The van der Waals surface area contributed by atoms with E-state index in [1.165, 1.54) is 0 Å². The minimum Gasteiger partial charge on any atom is -0.396 e. The molecule has 2 heteroatoms. The number of hydrogen-bond donors (Lipinski definition) is 1. The monoisotopic (exact) mass is 186 g/mol. The van der Waals surface area contributed by atoms with Gasteiger partial charge in [0.1, 0.15) is 5.78 Å². The molecular formula is C11H22O2. The van der Waals surface area contributed by atoms with Gasteiger partial charge in [0.05, 0.1) is 0 Å². The summed E-state index contributed by atoms with van der Waals surface area (Å²) in [6.07, 6.45) is 1.07. The zero-order valence-corrected chi connectivity index (χ0v) is 9.48. The van der Waals surface area contributed by atoms with E-state index in [0.717, 1.165) is 0 Å². The fraction of sp³-hybridized carbons (Fsp3) is 0.909. The average Bonchev–Trinajstić information content (AvgIpc) is 1.97. The van der Waals surface area contributed by atoms with Crippen LogP contribution in [0.15, 0.2) is 0 Å². The zero-order valence-electron chi connectivity index (χ0n) is 9.48. The molecule has 0 aliphatic heterocycles. The van der Waals surface area contributed by atoms with Crippen molar-refractivity contribution in [1.82, 2.24) is 0 Å². The Labute approximate surface area is 81.3 Å². The Morgan fingerprint density at radius 2 is 1.62 bits per heavy atom. The maximum Gasteiger partial charge on any atom is 0.139 e. The minimum atomic E-state index is -0.303. The molecule has 0 saturated heterocycles. The van der Waals surface area contributed by atoms with Crippen LogP contribution in [0.4, 0.5) is 0 Å². The Hall–Kier alpha value is -0.370. The Morgan fingerprint density at radius 1 is 1.15 bits per heavy atom. The number of Topliss-reactive ketones (excluding diaryl/α,β-unsaturated/α-hetero) is 1. The number of aliphatic hydroxyl groups is 1. The Bertz CT molecular complexity index is 175. The molecule has 0 aromatic rings. The number of carbonyl (C=O) groups excluding carboxylic acids is 1. The van der Waals surface area contributed by atoms with Crippen LogP contribution in [0.1, 0.15) is 47.5 Å². The van der Waals surface area contributed by atoms with E-state index in [-0.39, 0.29) is 23.2 Å². The molecule has 13 heavy (non-hydrogen) atoms. The van der Waals surface area contributed by atoms with Crippen LogP contribution in [0.2, 0.25) is 0 Å². The van der Waals surface area contributed by atoms with Gasteiger partial charge < -0.3 is 5.11 Å². The van der Waals surface area contributed by atoms with Crippen molar-refractivity contribution < 1.29 is 9.90 Å². The average molecular weight is 186 g/mol. The fourth-order valence-electron chi connectivity index (χ4n) is 0.970. The highest BCUT2D eigenvalue weighted by molar-refractivity contribution is 5.84. The molecule has 0 spiro atoms. The van der Waals surface area contributed by atoms with Gasteiger partial charge in [0, 0.05) is 18.4 Å². The molecule has 0 saturated carbocycles. The van der Waals surface area contributed by atoms with Gasteiger partial charge in [0.2, 0.25) is 0 Å².